The van der Waals surface area contributed by atoms with Gasteiger partial charge in [-0.25, -0.2) is 0 Å². The number of nitrogens with two attached hydrogens (primary N) is 1. The van der Waals surface area contributed by atoms with E-state index in [1.54, 1.807) is 7.11 Å². The molecule has 0 spiro atoms. The topological polar surface area (TPSA) is 51.4 Å². The summed E-state index contributed by atoms with van der Waals surface area (Å²) in [4.78, 5) is 6.79. The van der Waals surface area contributed by atoms with E-state index in [0.717, 1.165) is 37.8 Å². The Morgan fingerprint density at radius 2 is 2.18 bits per heavy atom. The number of ether oxygens (including phenoxy) is 1. The Kier molecular flexibility index (Phi) is 4.20. The van der Waals surface area contributed by atoms with Crippen molar-refractivity contribution < 1.29 is 4.74 Å². The van der Waals surface area contributed by atoms with Crippen LogP contribution in [-0.4, -0.2) is 31.7 Å². The number of piperidine rings is 1. The zero-order chi connectivity index (χ0) is 12.1. The largest absolute Gasteiger partial charge is 0.481 e. The van der Waals surface area contributed by atoms with Gasteiger partial charge in [0.2, 0.25) is 5.88 Å². The van der Waals surface area contributed by atoms with E-state index in [-0.39, 0.29) is 0 Å². The van der Waals surface area contributed by atoms with Crippen LogP contribution in [0, 0.1) is 5.92 Å². The van der Waals surface area contributed by atoms with E-state index in [9.17, 15) is 0 Å². The average Bonchev–Trinajstić information content (AvgIpc) is 2.40. The van der Waals surface area contributed by atoms with Crippen LogP contribution in [0.2, 0.25) is 0 Å². The smallest absolute Gasteiger partial charge is 0.214 e. The molecule has 1 aliphatic rings. The number of aromatic nitrogens is 1. The highest BCUT2D eigenvalue weighted by Crippen LogP contribution is 2.24. The molecule has 4 heteroatoms. The van der Waals surface area contributed by atoms with Crippen molar-refractivity contribution >= 4 is 5.82 Å². The van der Waals surface area contributed by atoms with Gasteiger partial charge in [0.05, 0.1) is 7.11 Å². The molecule has 1 aromatic heterocycles. The summed E-state index contributed by atoms with van der Waals surface area (Å²) >= 11 is 0. The molecule has 0 atom stereocenters. The molecule has 2 N–H and O–H groups in total. The van der Waals surface area contributed by atoms with Gasteiger partial charge >= 0.3 is 0 Å². The molecule has 0 aromatic carbocycles. The molecule has 0 amide bonds. The second-order valence-electron chi connectivity index (χ2n) is 4.55. The number of nitrogens with zero attached hydrogens (tertiary/aromatic N) is 2. The molecule has 1 fully saturated rings. The third-order valence-corrected chi connectivity index (χ3v) is 3.43. The maximum absolute atomic E-state index is 5.60. The summed E-state index contributed by atoms with van der Waals surface area (Å²) in [6.45, 7) is 2.96. The Labute approximate surface area is 103 Å². The normalized spacial score (nSPS) is 17.2. The van der Waals surface area contributed by atoms with Crippen molar-refractivity contribution in [3.63, 3.8) is 0 Å². The molecule has 0 bridgehead atoms. The zero-order valence-corrected chi connectivity index (χ0v) is 10.4. The van der Waals surface area contributed by atoms with E-state index in [1.165, 1.54) is 12.8 Å². The van der Waals surface area contributed by atoms with Crippen LogP contribution in [0.4, 0.5) is 5.82 Å². The molecule has 94 valence electrons. The zero-order valence-electron chi connectivity index (χ0n) is 10.4. The molecule has 4 nitrogen and oxygen atoms in total. The number of rotatable bonds is 4. The van der Waals surface area contributed by atoms with Gasteiger partial charge < -0.3 is 15.4 Å². The van der Waals surface area contributed by atoms with Crippen LogP contribution < -0.4 is 15.4 Å². The summed E-state index contributed by atoms with van der Waals surface area (Å²) < 4.78 is 5.15. The Bertz CT molecular complexity index is 348. The van der Waals surface area contributed by atoms with Crippen molar-refractivity contribution in [3.05, 3.63) is 18.2 Å². The Morgan fingerprint density at radius 1 is 1.41 bits per heavy atom. The van der Waals surface area contributed by atoms with Crippen LogP contribution in [0.25, 0.3) is 0 Å². The number of pyridine rings is 1. The molecular weight excluding hydrogens is 214 g/mol. The molecule has 1 aliphatic heterocycles. The van der Waals surface area contributed by atoms with Gasteiger partial charge in [0.15, 0.2) is 0 Å². The second-order valence-corrected chi connectivity index (χ2v) is 4.55. The SMILES string of the molecule is COc1cccc(N2CCC(CCN)CC2)n1. The lowest BCUT2D eigenvalue weighted by Crippen LogP contribution is -2.34. The maximum Gasteiger partial charge on any atom is 0.214 e. The predicted octanol–water partition coefficient (Wildman–Crippen LogP) is 1.66. The third-order valence-electron chi connectivity index (χ3n) is 3.43. The van der Waals surface area contributed by atoms with E-state index in [0.29, 0.717) is 5.88 Å². The number of hydrogen-bond acceptors (Lipinski definition) is 4. The molecule has 0 unspecified atom stereocenters. The van der Waals surface area contributed by atoms with Gasteiger partial charge in [-0.3, -0.25) is 0 Å². The fourth-order valence-corrected chi connectivity index (χ4v) is 2.38. The van der Waals surface area contributed by atoms with Crippen molar-refractivity contribution in [1.82, 2.24) is 4.98 Å². The van der Waals surface area contributed by atoms with E-state index >= 15 is 0 Å². The van der Waals surface area contributed by atoms with Gasteiger partial charge in [-0.15, -0.1) is 0 Å². The van der Waals surface area contributed by atoms with E-state index in [2.05, 4.69) is 9.88 Å². The molecule has 2 rings (SSSR count). The van der Waals surface area contributed by atoms with Gasteiger partial charge in [0.1, 0.15) is 5.82 Å². The first kappa shape index (κ1) is 12.2. The van der Waals surface area contributed by atoms with Crippen molar-refractivity contribution in [3.8, 4) is 5.88 Å². The van der Waals surface area contributed by atoms with E-state index in [1.807, 2.05) is 18.2 Å². The minimum atomic E-state index is 0.687. The quantitative estimate of drug-likeness (QED) is 0.862. The minimum Gasteiger partial charge on any atom is -0.481 e. The summed E-state index contributed by atoms with van der Waals surface area (Å²) in [6.07, 6.45) is 3.59. The molecule has 0 saturated carbocycles. The summed E-state index contributed by atoms with van der Waals surface area (Å²) in [5.41, 5.74) is 5.60. The van der Waals surface area contributed by atoms with Crippen LogP contribution in [0.3, 0.4) is 0 Å². The molecule has 2 heterocycles. The molecule has 1 saturated heterocycles. The predicted molar refractivity (Wildman–Crippen MR) is 69.4 cm³/mol. The second kappa shape index (κ2) is 5.87. The highest BCUT2D eigenvalue weighted by Gasteiger charge is 2.19. The molecule has 0 aliphatic carbocycles. The van der Waals surface area contributed by atoms with Gasteiger partial charge in [-0.05, 0) is 37.8 Å². The number of methoxy groups -OCH3 is 1. The molecule has 17 heavy (non-hydrogen) atoms. The van der Waals surface area contributed by atoms with Crippen molar-refractivity contribution in [2.45, 2.75) is 19.3 Å². The minimum absolute atomic E-state index is 0.687. The first-order chi connectivity index (χ1) is 8.33. The van der Waals surface area contributed by atoms with Crippen LogP contribution in [-0.2, 0) is 0 Å². The van der Waals surface area contributed by atoms with Crippen LogP contribution >= 0.6 is 0 Å². The molecule has 0 radical (unpaired) electrons. The van der Waals surface area contributed by atoms with Crippen LogP contribution in [0.15, 0.2) is 18.2 Å². The average molecular weight is 235 g/mol. The van der Waals surface area contributed by atoms with Gasteiger partial charge in [0, 0.05) is 19.2 Å². The lowest BCUT2D eigenvalue weighted by atomic mass is 9.94. The Hall–Kier alpha value is -1.29. The highest BCUT2D eigenvalue weighted by molar-refractivity contribution is 5.41. The first-order valence-electron chi connectivity index (χ1n) is 6.29. The standard InChI is InChI=1S/C13H21N3O/c1-17-13-4-2-3-12(15-13)16-9-6-11(5-8-14)7-10-16/h2-4,11H,5-10,14H2,1H3. The lowest BCUT2D eigenvalue weighted by molar-refractivity contribution is 0.380. The summed E-state index contributed by atoms with van der Waals surface area (Å²) in [5.74, 6) is 2.50. The Morgan fingerprint density at radius 3 is 2.82 bits per heavy atom. The molecular formula is C13H21N3O. The number of anilines is 1. The summed E-state index contributed by atoms with van der Waals surface area (Å²) in [6, 6.07) is 5.92. The fourth-order valence-electron chi connectivity index (χ4n) is 2.38. The van der Waals surface area contributed by atoms with Gasteiger partial charge in [-0.1, -0.05) is 6.07 Å². The first-order valence-corrected chi connectivity index (χ1v) is 6.29. The lowest BCUT2D eigenvalue weighted by Gasteiger charge is -2.32. The third kappa shape index (κ3) is 3.09. The monoisotopic (exact) mass is 235 g/mol. The summed E-state index contributed by atoms with van der Waals surface area (Å²) in [5, 5.41) is 0. The summed E-state index contributed by atoms with van der Waals surface area (Å²) in [7, 11) is 1.65. The van der Waals surface area contributed by atoms with Crippen molar-refractivity contribution in [2.24, 2.45) is 11.7 Å². The number of hydrogen-bond donors (Lipinski definition) is 1. The van der Waals surface area contributed by atoms with Crippen molar-refractivity contribution in [2.75, 3.05) is 31.6 Å². The van der Waals surface area contributed by atoms with Crippen LogP contribution in [0.1, 0.15) is 19.3 Å². The van der Waals surface area contributed by atoms with Gasteiger partial charge in [-0.2, -0.15) is 4.98 Å². The van der Waals surface area contributed by atoms with Crippen molar-refractivity contribution in [1.29, 1.82) is 0 Å². The van der Waals surface area contributed by atoms with E-state index in [4.69, 9.17) is 10.5 Å². The van der Waals surface area contributed by atoms with E-state index < -0.39 is 0 Å². The van der Waals surface area contributed by atoms with Gasteiger partial charge in [0.25, 0.3) is 0 Å². The maximum atomic E-state index is 5.60. The fraction of sp³-hybridized carbons (Fsp3) is 0.615. The van der Waals surface area contributed by atoms with Crippen LogP contribution in [0.5, 0.6) is 5.88 Å². The molecule has 1 aromatic rings. The Balaban J connectivity index is 1.95. The highest BCUT2D eigenvalue weighted by atomic mass is 16.5.